The fourth-order valence-corrected chi connectivity index (χ4v) is 6.02. The zero-order chi connectivity index (χ0) is 19.6. The van der Waals surface area contributed by atoms with Crippen LogP contribution in [-0.4, -0.2) is 15.0 Å². The second kappa shape index (κ2) is 8.30. The highest BCUT2D eigenvalue weighted by atomic mass is 16.1. The largest absolute Gasteiger partial charge is 0.369 e. The molecule has 154 valence electrons. The van der Waals surface area contributed by atoms with Gasteiger partial charge < -0.3 is 10.7 Å². The minimum Gasteiger partial charge on any atom is -0.369 e. The molecule has 5 nitrogen and oxygen atoms in total. The molecule has 2 aromatic rings. The maximum absolute atomic E-state index is 12.2. The van der Waals surface area contributed by atoms with Crippen LogP contribution in [0.25, 0.3) is 11.0 Å². The van der Waals surface area contributed by atoms with Gasteiger partial charge >= 0.3 is 0 Å². The highest BCUT2D eigenvalue weighted by Crippen LogP contribution is 2.56. The van der Waals surface area contributed by atoms with Crippen LogP contribution in [0.3, 0.4) is 0 Å². The number of nitrogens with one attached hydrogen (secondary N) is 2. The van der Waals surface area contributed by atoms with Gasteiger partial charge in [0.05, 0.1) is 0 Å². The maximum atomic E-state index is 12.2. The van der Waals surface area contributed by atoms with E-state index in [0.717, 1.165) is 17.9 Å². The van der Waals surface area contributed by atoms with E-state index in [4.69, 9.17) is 5.73 Å². The van der Waals surface area contributed by atoms with Crippen molar-refractivity contribution in [2.24, 2.45) is 17.3 Å². The van der Waals surface area contributed by atoms with Gasteiger partial charge in [0.2, 0.25) is 5.95 Å². The Kier molecular flexibility index (Phi) is 5.79. The van der Waals surface area contributed by atoms with Crippen molar-refractivity contribution in [1.29, 1.82) is 0 Å². The summed E-state index contributed by atoms with van der Waals surface area (Å²) in [7, 11) is 0. The Labute approximate surface area is 167 Å². The minimum absolute atomic E-state index is 0.166. The van der Waals surface area contributed by atoms with Crippen molar-refractivity contribution < 1.29 is 0 Å². The SMILES string of the molecule is CCCCCCCC(Cc1c[nH]c2c(=O)[nH]c(N)nc12)C12CCC(CC1)CC2. The summed E-state index contributed by atoms with van der Waals surface area (Å²) in [5, 5.41) is 0. The van der Waals surface area contributed by atoms with Gasteiger partial charge in [0, 0.05) is 6.20 Å². The lowest BCUT2D eigenvalue weighted by molar-refractivity contribution is 0.00290. The first-order valence-electron chi connectivity index (χ1n) is 11.5. The molecule has 3 fully saturated rings. The smallest absolute Gasteiger partial charge is 0.276 e. The van der Waals surface area contributed by atoms with Crippen molar-refractivity contribution in [3.63, 3.8) is 0 Å². The number of nitrogens with two attached hydrogens (primary N) is 1. The molecule has 2 heterocycles. The Bertz CT molecular complexity index is 830. The van der Waals surface area contributed by atoms with Crippen molar-refractivity contribution >= 4 is 17.0 Å². The normalized spacial score (nSPS) is 25.4. The van der Waals surface area contributed by atoms with Crippen LogP contribution in [0.2, 0.25) is 0 Å². The fourth-order valence-electron chi connectivity index (χ4n) is 6.02. The molecule has 28 heavy (non-hydrogen) atoms. The Morgan fingerprint density at radius 3 is 2.61 bits per heavy atom. The highest BCUT2D eigenvalue weighted by molar-refractivity contribution is 5.78. The van der Waals surface area contributed by atoms with Crippen LogP contribution < -0.4 is 11.3 Å². The van der Waals surface area contributed by atoms with E-state index >= 15 is 0 Å². The van der Waals surface area contributed by atoms with Gasteiger partial charge in [0.25, 0.3) is 5.56 Å². The summed E-state index contributed by atoms with van der Waals surface area (Å²) in [5.74, 6) is 1.89. The molecule has 2 bridgehead atoms. The Morgan fingerprint density at radius 2 is 1.89 bits per heavy atom. The number of anilines is 1. The number of fused-ring (bicyclic) bond motifs is 4. The van der Waals surface area contributed by atoms with Gasteiger partial charge in [-0.3, -0.25) is 9.78 Å². The van der Waals surface area contributed by atoms with E-state index in [1.807, 2.05) is 6.20 Å². The third-order valence-corrected chi connectivity index (χ3v) is 7.77. The number of unbranched alkanes of at least 4 members (excludes halogenated alkanes) is 4. The van der Waals surface area contributed by atoms with Gasteiger partial charge in [0.15, 0.2) is 0 Å². The molecule has 3 aliphatic carbocycles. The number of aromatic amines is 2. The van der Waals surface area contributed by atoms with Gasteiger partial charge in [-0.25, -0.2) is 4.98 Å². The van der Waals surface area contributed by atoms with Gasteiger partial charge in [-0.2, -0.15) is 0 Å². The molecule has 1 unspecified atom stereocenters. The first-order valence-corrected chi connectivity index (χ1v) is 11.5. The molecule has 0 aromatic carbocycles. The molecular formula is C23H36N4O. The molecule has 0 radical (unpaired) electrons. The lowest BCUT2D eigenvalue weighted by atomic mass is 9.54. The summed E-state index contributed by atoms with van der Waals surface area (Å²) in [5.41, 5.74) is 8.69. The predicted molar refractivity (Wildman–Crippen MR) is 115 cm³/mol. The van der Waals surface area contributed by atoms with E-state index in [9.17, 15) is 4.79 Å². The maximum Gasteiger partial charge on any atom is 0.276 e. The van der Waals surface area contributed by atoms with E-state index < -0.39 is 0 Å². The molecule has 2 aromatic heterocycles. The lowest BCUT2D eigenvalue weighted by Crippen LogP contribution is -2.41. The molecule has 0 aliphatic heterocycles. The zero-order valence-corrected chi connectivity index (χ0v) is 17.4. The highest BCUT2D eigenvalue weighted by Gasteiger charge is 2.45. The molecule has 0 spiro atoms. The number of nitrogens with zero attached hydrogens (tertiary/aromatic N) is 1. The molecule has 0 saturated heterocycles. The standard InChI is InChI=1S/C23H36N4O/c1-2-3-4-5-6-7-18(23-11-8-16(9-12-23)10-13-23)14-17-15-25-20-19(17)26-22(24)27-21(20)28/h15-16,18,25H,2-14H2,1H3,(H3,24,26,27,28). The van der Waals surface area contributed by atoms with Crippen LogP contribution in [0.5, 0.6) is 0 Å². The zero-order valence-electron chi connectivity index (χ0n) is 17.4. The van der Waals surface area contributed by atoms with Crippen molar-refractivity contribution in [1.82, 2.24) is 15.0 Å². The summed E-state index contributed by atoms with van der Waals surface area (Å²) < 4.78 is 0. The van der Waals surface area contributed by atoms with Crippen LogP contribution in [0.1, 0.15) is 89.5 Å². The molecule has 0 amide bonds. The van der Waals surface area contributed by atoms with Gasteiger partial charge in [-0.1, -0.05) is 39.0 Å². The van der Waals surface area contributed by atoms with Crippen LogP contribution >= 0.6 is 0 Å². The summed E-state index contributed by atoms with van der Waals surface area (Å²) in [6, 6.07) is 0. The number of H-pyrrole nitrogens is 2. The quantitative estimate of drug-likeness (QED) is 0.511. The molecule has 3 aliphatic rings. The Morgan fingerprint density at radius 1 is 1.18 bits per heavy atom. The number of hydrogen-bond acceptors (Lipinski definition) is 3. The third kappa shape index (κ3) is 3.85. The van der Waals surface area contributed by atoms with Gasteiger partial charge in [0.1, 0.15) is 11.0 Å². The van der Waals surface area contributed by atoms with Crippen molar-refractivity contribution in [3.05, 3.63) is 22.1 Å². The molecule has 5 heteroatoms. The lowest BCUT2D eigenvalue weighted by Gasteiger charge is -2.51. The number of nitrogen functional groups attached to an aromatic ring is 1. The number of aromatic nitrogens is 3. The second-order valence-corrected chi connectivity index (χ2v) is 9.44. The van der Waals surface area contributed by atoms with Crippen LogP contribution in [0, 0.1) is 17.3 Å². The number of hydrogen-bond donors (Lipinski definition) is 3. The molecule has 4 N–H and O–H groups in total. The first-order chi connectivity index (χ1) is 13.6. The van der Waals surface area contributed by atoms with Gasteiger partial charge in [-0.15, -0.1) is 0 Å². The Balaban J connectivity index is 1.56. The topological polar surface area (TPSA) is 87.6 Å². The monoisotopic (exact) mass is 384 g/mol. The van der Waals surface area contributed by atoms with Gasteiger partial charge in [-0.05, 0) is 74.2 Å². The molecule has 5 rings (SSSR count). The van der Waals surface area contributed by atoms with Crippen LogP contribution in [0.4, 0.5) is 5.95 Å². The predicted octanol–water partition coefficient (Wildman–Crippen LogP) is 5.32. The fraction of sp³-hybridized carbons (Fsp3) is 0.739. The van der Waals surface area contributed by atoms with Crippen LogP contribution in [0.15, 0.2) is 11.0 Å². The summed E-state index contributed by atoms with van der Waals surface area (Å²) in [6.45, 7) is 2.28. The Hall–Kier alpha value is -1.78. The van der Waals surface area contributed by atoms with E-state index in [0.29, 0.717) is 16.8 Å². The van der Waals surface area contributed by atoms with E-state index in [1.54, 1.807) is 0 Å². The summed E-state index contributed by atoms with van der Waals surface area (Å²) in [6.07, 6.45) is 19.5. The van der Waals surface area contributed by atoms with Crippen molar-refractivity contribution in [2.45, 2.75) is 90.4 Å². The summed E-state index contributed by atoms with van der Waals surface area (Å²) in [4.78, 5) is 22.4. The molecule has 3 saturated carbocycles. The average molecular weight is 385 g/mol. The first kappa shape index (κ1) is 19.5. The molecular weight excluding hydrogens is 348 g/mol. The number of rotatable bonds is 9. The van der Waals surface area contributed by atoms with E-state index in [-0.39, 0.29) is 11.5 Å². The van der Waals surface area contributed by atoms with E-state index in [1.165, 1.54) is 82.6 Å². The minimum atomic E-state index is -0.166. The van der Waals surface area contributed by atoms with E-state index in [2.05, 4.69) is 21.9 Å². The summed E-state index contributed by atoms with van der Waals surface area (Å²) >= 11 is 0. The third-order valence-electron chi connectivity index (χ3n) is 7.77. The van der Waals surface area contributed by atoms with Crippen molar-refractivity contribution in [2.75, 3.05) is 5.73 Å². The molecule has 1 atom stereocenters. The average Bonchev–Trinajstić information content (AvgIpc) is 3.11. The van der Waals surface area contributed by atoms with Crippen LogP contribution in [-0.2, 0) is 6.42 Å². The second-order valence-electron chi connectivity index (χ2n) is 9.44. The van der Waals surface area contributed by atoms with Crippen molar-refractivity contribution in [3.8, 4) is 0 Å².